The standard InChI is InChI=1S/C17H25N3O6S/c1-5-25-16(26-6-2)14-18-11(9-27-14)7-19-12(21)8-20(17(19)24)13(10(3)4)15(22)23/h9-10,13,16H,5-8H2,1-4H3,(H,22,23)/t13-/m0/s1. The van der Waals surface area contributed by atoms with Crippen molar-refractivity contribution in [1.82, 2.24) is 14.8 Å². The van der Waals surface area contributed by atoms with E-state index in [9.17, 15) is 19.5 Å². The van der Waals surface area contributed by atoms with Crippen molar-refractivity contribution < 1.29 is 29.0 Å². The van der Waals surface area contributed by atoms with Crippen molar-refractivity contribution in [3.8, 4) is 0 Å². The number of ether oxygens (including phenoxy) is 2. The zero-order valence-corrected chi connectivity index (χ0v) is 16.7. The molecule has 2 heterocycles. The molecular weight excluding hydrogens is 374 g/mol. The molecule has 1 aromatic heterocycles. The van der Waals surface area contributed by atoms with Gasteiger partial charge in [-0.15, -0.1) is 11.3 Å². The Morgan fingerprint density at radius 1 is 1.30 bits per heavy atom. The van der Waals surface area contributed by atoms with Crippen LogP contribution in [0.4, 0.5) is 4.79 Å². The Labute approximate surface area is 161 Å². The molecule has 0 radical (unpaired) electrons. The molecule has 150 valence electrons. The van der Waals surface area contributed by atoms with Crippen LogP contribution in [0.15, 0.2) is 5.38 Å². The summed E-state index contributed by atoms with van der Waals surface area (Å²) in [6.07, 6.45) is -0.586. The number of imide groups is 1. The second kappa shape index (κ2) is 9.25. The maximum Gasteiger partial charge on any atom is 0.328 e. The maximum absolute atomic E-state index is 12.6. The lowest BCUT2D eigenvalue weighted by atomic mass is 10.0. The summed E-state index contributed by atoms with van der Waals surface area (Å²) in [7, 11) is 0. The van der Waals surface area contributed by atoms with E-state index in [-0.39, 0.29) is 19.0 Å². The lowest BCUT2D eigenvalue weighted by Crippen LogP contribution is -2.46. The minimum absolute atomic E-state index is 0.0138. The molecule has 0 saturated carbocycles. The lowest BCUT2D eigenvalue weighted by molar-refractivity contribution is -0.143. The van der Waals surface area contributed by atoms with Crippen LogP contribution in [0.2, 0.25) is 0 Å². The van der Waals surface area contributed by atoms with E-state index in [1.807, 2.05) is 13.8 Å². The third kappa shape index (κ3) is 4.82. The molecule has 0 spiro atoms. The number of hydrogen-bond donors (Lipinski definition) is 1. The molecule has 10 heteroatoms. The first-order valence-electron chi connectivity index (χ1n) is 8.81. The Balaban J connectivity index is 2.12. The van der Waals surface area contributed by atoms with Crippen LogP contribution in [0.25, 0.3) is 0 Å². The number of thiazole rings is 1. The van der Waals surface area contributed by atoms with Gasteiger partial charge in [-0.2, -0.15) is 0 Å². The predicted molar refractivity (Wildman–Crippen MR) is 97.0 cm³/mol. The van der Waals surface area contributed by atoms with Crippen molar-refractivity contribution in [3.05, 3.63) is 16.1 Å². The van der Waals surface area contributed by atoms with Gasteiger partial charge in [0.1, 0.15) is 17.6 Å². The topological polar surface area (TPSA) is 109 Å². The fraction of sp³-hybridized carbons (Fsp3) is 0.647. The summed E-state index contributed by atoms with van der Waals surface area (Å²) in [6, 6.07) is -1.65. The van der Waals surface area contributed by atoms with Gasteiger partial charge < -0.3 is 19.5 Å². The largest absolute Gasteiger partial charge is 0.480 e. The van der Waals surface area contributed by atoms with Gasteiger partial charge in [-0.25, -0.2) is 14.6 Å². The van der Waals surface area contributed by atoms with E-state index in [4.69, 9.17) is 9.47 Å². The van der Waals surface area contributed by atoms with E-state index in [1.165, 1.54) is 11.3 Å². The highest BCUT2D eigenvalue weighted by molar-refractivity contribution is 7.09. The first-order chi connectivity index (χ1) is 12.8. The number of urea groups is 1. The van der Waals surface area contributed by atoms with Gasteiger partial charge in [-0.3, -0.25) is 9.69 Å². The van der Waals surface area contributed by atoms with Crippen LogP contribution in [-0.4, -0.2) is 63.6 Å². The molecule has 1 atom stereocenters. The van der Waals surface area contributed by atoms with Crippen LogP contribution in [0, 0.1) is 5.92 Å². The molecule has 0 aromatic carbocycles. The van der Waals surface area contributed by atoms with Crippen molar-refractivity contribution in [2.24, 2.45) is 5.92 Å². The molecule has 1 N–H and O–H groups in total. The van der Waals surface area contributed by atoms with E-state index in [2.05, 4.69) is 4.98 Å². The molecule has 2 rings (SSSR count). The van der Waals surface area contributed by atoms with Crippen molar-refractivity contribution in [3.63, 3.8) is 0 Å². The zero-order chi connectivity index (χ0) is 20.1. The van der Waals surface area contributed by atoms with Gasteiger partial charge in [0, 0.05) is 18.6 Å². The molecule has 1 aliphatic rings. The second-order valence-corrected chi connectivity index (χ2v) is 7.23. The zero-order valence-electron chi connectivity index (χ0n) is 15.9. The molecule has 0 bridgehead atoms. The first kappa shape index (κ1) is 21.3. The summed E-state index contributed by atoms with van der Waals surface area (Å²) in [5.74, 6) is -1.88. The molecule has 1 aromatic rings. The quantitative estimate of drug-likeness (QED) is 0.474. The highest BCUT2D eigenvalue weighted by Crippen LogP contribution is 2.25. The van der Waals surface area contributed by atoms with Gasteiger partial charge in [-0.1, -0.05) is 13.8 Å². The van der Waals surface area contributed by atoms with Gasteiger partial charge in [0.25, 0.3) is 5.91 Å². The average Bonchev–Trinajstić information content (AvgIpc) is 3.15. The van der Waals surface area contributed by atoms with Crippen molar-refractivity contribution in [2.45, 2.75) is 46.6 Å². The summed E-state index contributed by atoms with van der Waals surface area (Å²) >= 11 is 1.32. The number of carboxylic acid groups (broad SMARTS) is 1. The summed E-state index contributed by atoms with van der Waals surface area (Å²) in [5.41, 5.74) is 0.527. The lowest BCUT2D eigenvalue weighted by Gasteiger charge is -2.26. The smallest absolute Gasteiger partial charge is 0.328 e. The molecule has 9 nitrogen and oxygen atoms in total. The number of aromatic nitrogens is 1. The molecular formula is C17H25N3O6S. The van der Waals surface area contributed by atoms with E-state index >= 15 is 0 Å². The minimum atomic E-state index is -1.12. The third-order valence-electron chi connectivity index (χ3n) is 4.03. The van der Waals surface area contributed by atoms with Gasteiger partial charge in [-0.05, 0) is 19.8 Å². The summed E-state index contributed by atoms with van der Waals surface area (Å²) in [6.45, 7) is 7.77. The van der Waals surface area contributed by atoms with E-state index in [0.717, 1.165) is 9.80 Å². The normalized spacial score (nSPS) is 16.1. The van der Waals surface area contributed by atoms with Crippen LogP contribution >= 0.6 is 11.3 Å². The number of carbonyl (C=O) groups excluding carboxylic acids is 2. The number of rotatable bonds is 10. The van der Waals surface area contributed by atoms with Gasteiger partial charge in [0.15, 0.2) is 0 Å². The fourth-order valence-electron chi connectivity index (χ4n) is 2.87. The second-order valence-electron chi connectivity index (χ2n) is 6.34. The minimum Gasteiger partial charge on any atom is -0.480 e. The van der Waals surface area contributed by atoms with Gasteiger partial charge in [0.2, 0.25) is 6.29 Å². The van der Waals surface area contributed by atoms with Crippen molar-refractivity contribution in [2.75, 3.05) is 19.8 Å². The monoisotopic (exact) mass is 399 g/mol. The molecule has 1 fully saturated rings. The maximum atomic E-state index is 12.6. The van der Waals surface area contributed by atoms with Crippen LogP contribution in [0.3, 0.4) is 0 Å². The SMILES string of the molecule is CCOC(OCC)c1nc(CN2C(=O)CN([C@H](C(=O)O)C(C)C)C2=O)cs1. The van der Waals surface area contributed by atoms with Crippen LogP contribution in [-0.2, 0) is 25.6 Å². The number of hydrogen-bond acceptors (Lipinski definition) is 7. The Hall–Kier alpha value is -2.04. The molecule has 0 unspecified atom stereocenters. The Bertz CT molecular complexity index is 686. The molecule has 1 aliphatic heterocycles. The Kier molecular flexibility index (Phi) is 7.28. The summed E-state index contributed by atoms with van der Waals surface area (Å²) < 4.78 is 11.0. The molecule has 3 amide bonds. The van der Waals surface area contributed by atoms with Crippen LogP contribution in [0.5, 0.6) is 0 Å². The molecule has 0 aliphatic carbocycles. The number of carboxylic acids is 1. The average molecular weight is 399 g/mol. The third-order valence-corrected chi connectivity index (χ3v) is 4.95. The van der Waals surface area contributed by atoms with E-state index in [1.54, 1.807) is 19.2 Å². The van der Waals surface area contributed by atoms with E-state index in [0.29, 0.717) is 23.9 Å². The van der Waals surface area contributed by atoms with Gasteiger partial charge >= 0.3 is 12.0 Å². The summed E-state index contributed by atoms with van der Waals surface area (Å²) in [4.78, 5) is 42.9. The number of carbonyl (C=O) groups is 3. The van der Waals surface area contributed by atoms with Crippen LogP contribution in [0.1, 0.15) is 44.7 Å². The van der Waals surface area contributed by atoms with E-state index < -0.39 is 30.2 Å². The highest BCUT2D eigenvalue weighted by atomic mass is 32.1. The number of amides is 3. The fourth-order valence-corrected chi connectivity index (χ4v) is 3.67. The van der Waals surface area contributed by atoms with Crippen LogP contribution < -0.4 is 0 Å². The number of nitrogens with zero attached hydrogens (tertiary/aromatic N) is 3. The predicted octanol–water partition coefficient (Wildman–Crippen LogP) is 2.09. The summed E-state index contributed by atoms with van der Waals surface area (Å²) in [5, 5.41) is 11.7. The van der Waals surface area contributed by atoms with Gasteiger partial charge in [0.05, 0.1) is 12.2 Å². The number of aliphatic carboxylic acids is 1. The molecule has 27 heavy (non-hydrogen) atoms. The Morgan fingerprint density at radius 2 is 1.93 bits per heavy atom. The van der Waals surface area contributed by atoms with Crippen molar-refractivity contribution in [1.29, 1.82) is 0 Å². The highest BCUT2D eigenvalue weighted by Gasteiger charge is 2.43. The Morgan fingerprint density at radius 3 is 2.44 bits per heavy atom. The molecule has 1 saturated heterocycles. The first-order valence-corrected chi connectivity index (χ1v) is 9.69. The van der Waals surface area contributed by atoms with Crippen molar-refractivity contribution >= 4 is 29.2 Å².